The number of rotatable bonds is 5. The summed E-state index contributed by atoms with van der Waals surface area (Å²) in [5.74, 6) is 0. The first-order valence-electron chi connectivity index (χ1n) is 7.75. The van der Waals surface area contributed by atoms with E-state index in [1.165, 1.54) is 0 Å². The van der Waals surface area contributed by atoms with Gasteiger partial charge in [-0.1, -0.05) is 66.2 Å². The third-order valence-electron chi connectivity index (χ3n) is 3.62. The van der Waals surface area contributed by atoms with Crippen LogP contribution in [0.2, 0.25) is 0 Å². The standard InChI is InChI=1S/C19H21BrN2O/c1-3-14-9-7-10-15(4-2)18(14)22-19(23)21-13-12-16-8-5-6-11-17(16)20/h5-13H,3-4H2,1-2H3,(H2,21,22,23)/b13-12+. The summed E-state index contributed by atoms with van der Waals surface area (Å²) in [6.07, 6.45) is 5.28. The van der Waals surface area contributed by atoms with Gasteiger partial charge in [0.2, 0.25) is 0 Å². The molecule has 23 heavy (non-hydrogen) atoms. The first-order valence-corrected chi connectivity index (χ1v) is 8.54. The SMILES string of the molecule is CCc1cccc(CC)c1NC(=O)N/C=C/c1ccccc1Br. The van der Waals surface area contributed by atoms with Crippen LogP contribution in [0, 0.1) is 0 Å². The lowest BCUT2D eigenvalue weighted by Crippen LogP contribution is -2.25. The van der Waals surface area contributed by atoms with E-state index in [-0.39, 0.29) is 6.03 Å². The molecule has 0 unspecified atom stereocenters. The van der Waals surface area contributed by atoms with Gasteiger partial charge in [0.05, 0.1) is 0 Å². The number of nitrogens with one attached hydrogen (secondary N) is 2. The average molecular weight is 373 g/mol. The molecule has 120 valence electrons. The molecule has 4 heteroatoms. The van der Waals surface area contributed by atoms with Gasteiger partial charge in [0.25, 0.3) is 0 Å². The predicted octanol–water partition coefficient (Wildman–Crippen LogP) is 5.37. The summed E-state index contributed by atoms with van der Waals surface area (Å²) in [4.78, 5) is 12.1. The molecule has 0 atom stereocenters. The molecule has 0 heterocycles. The second-order valence-corrected chi connectivity index (χ2v) is 5.97. The first kappa shape index (κ1) is 17.3. The number of hydrogen-bond donors (Lipinski definition) is 2. The van der Waals surface area contributed by atoms with E-state index in [4.69, 9.17) is 0 Å². The number of halogens is 1. The highest BCUT2D eigenvalue weighted by atomic mass is 79.9. The van der Waals surface area contributed by atoms with Crippen LogP contribution in [0.4, 0.5) is 10.5 Å². The molecule has 0 aliphatic rings. The molecule has 0 saturated heterocycles. The number of anilines is 1. The number of urea groups is 1. The van der Waals surface area contributed by atoms with Gasteiger partial charge in [-0.15, -0.1) is 0 Å². The van der Waals surface area contributed by atoms with Crippen LogP contribution in [-0.4, -0.2) is 6.03 Å². The highest BCUT2D eigenvalue weighted by molar-refractivity contribution is 9.10. The third kappa shape index (κ3) is 4.70. The fourth-order valence-corrected chi connectivity index (χ4v) is 2.79. The molecule has 2 aromatic rings. The van der Waals surface area contributed by atoms with Crippen molar-refractivity contribution in [3.63, 3.8) is 0 Å². The minimum atomic E-state index is -0.232. The second kappa shape index (κ2) is 8.53. The smallest absolute Gasteiger partial charge is 0.314 e. The number of carbonyl (C=O) groups is 1. The van der Waals surface area contributed by atoms with Gasteiger partial charge in [0.1, 0.15) is 0 Å². The Balaban J connectivity index is 2.04. The van der Waals surface area contributed by atoms with E-state index >= 15 is 0 Å². The Morgan fingerprint density at radius 3 is 2.30 bits per heavy atom. The molecule has 0 fully saturated rings. The molecule has 0 aliphatic heterocycles. The summed E-state index contributed by atoms with van der Waals surface area (Å²) in [6.45, 7) is 4.18. The Morgan fingerprint density at radius 2 is 1.70 bits per heavy atom. The van der Waals surface area contributed by atoms with Crippen LogP contribution in [-0.2, 0) is 12.8 Å². The van der Waals surface area contributed by atoms with Crippen molar-refractivity contribution in [2.24, 2.45) is 0 Å². The number of amides is 2. The van der Waals surface area contributed by atoms with E-state index in [0.29, 0.717) is 0 Å². The van der Waals surface area contributed by atoms with Crippen LogP contribution in [0.25, 0.3) is 6.08 Å². The molecule has 0 bridgehead atoms. The van der Waals surface area contributed by atoms with E-state index < -0.39 is 0 Å². The summed E-state index contributed by atoms with van der Waals surface area (Å²) < 4.78 is 0.989. The minimum absolute atomic E-state index is 0.232. The van der Waals surface area contributed by atoms with Gasteiger partial charge in [0, 0.05) is 16.4 Å². The molecular weight excluding hydrogens is 352 g/mol. The number of aryl methyl sites for hydroxylation is 2. The topological polar surface area (TPSA) is 41.1 Å². The van der Waals surface area contributed by atoms with E-state index in [9.17, 15) is 4.79 Å². The van der Waals surface area contributed by atoms with E-state index in [0.717, 1.165) is 39.7 Å². The van der Waals surface area contributed by atoms with Crippen molar-refractivity contribution in [2.75, 3.05) is 5.32 Å². The zero-order chi connectivity index (χ0) is 16.7. The van der Waals surface area contributed by atoms with Gasteiger partial charge < -0.3 is 10.6 Å². The Kier molecular flexibility index (Phi) is 6.41. The maximum absolute atomic E-state index is 12.1. The van der Waals surface area contributed by atoms with Crippen LogP contribution in [0.5, 0.6) is 0 Å². The summed E-state index contributed by atoms with van der Waals surface area (Å²) >= 11 is 3.48. The Bertz CT molecular complexity index is 688. The number of carbonyl (C=O) groups excluding carboxylic acids is 1. The molecule has 2 N–H and O–H groups in total. The third-order valence-corrected chi connectivity index (χ3v) is 4.34. The quantitative estimate of drug-likeness (QED) is 0.727. The molecule has 0 saturated carbocycles. The normalized spacial score (nSPS) is 10.7. The zero-order valence-corrected chi connectivity index (χ0v) is 15.0. The number of benzene rings is 2. The summed E-state index contributed by atoms with van der Waals surface area (Å²) in [5.41, 5.74) is 4.23. The molecular formula is C19H21BrN2O. The molecule has 3 nitrogen and oxygen atoms in total. The lowest BCUT2D eigenvalue weighted by atomic mass is 10.0. The first-order chi connectivity index (χ1) is 11.2. The maximum Gasteiger partial charge on any atom is 0.323 e. The molecule has 0 radical (unpaired) electrons. The van der Waals surface area contributed by atoms with Crippen molar-refractivity contribution in [1.29, 1.82) is 0 Å². The summed E-state index contributed by atoms with van der Waals surface area (Å²) in [5, 5.41) is 5.73. The second-order valence-electron chi connectivity index (χ2n) is 5.11. The summed E-state index contributed by atoms with van der Waals surface area (Å²) in [6, 6.07) is 13.7. The monoisotopic (exact) mass is 372 g/mol. The zero-order valence-electron chi connectivity index (χ0n) is 13.4. The van der Waals surface area contributed by atoms with Crippen molar-refractivity contribution in [1.82, 2.24) is 5.32 Å². The fourth-order valence-electron chi connectivity index (χ4n) is 2.37. The van der Waals surface area contributed by atoms with Gasteiger partial charge in [-0.25, -0.2) is 4.79 Å². The van der Waals surface area contributed by atoms with Crippen LogP contribution >= 0.6 is 15.9 Å². The summed E-state index contributed by atoms with van der Waals surface area (Å²) in [7, 11) is 0. The molecule has 0 spiro atoms. The maximum atomic E-state index is 12.1. The van der Waals surface area contributed by atoms with Crippen molar-refractivity contribution < 1.29 is 4.79 Å². The molecule has 2 rings (SSSR count). The average Bonchev–Trinajstić information content (AvgIpc) is 2.56. The Morgan fingerprint density at radius 1 is 1.04 bits per heavy atom. The highest BCUT2D eigenvalue weighted by Gasteiger charge is 2.08. The fraction of sp³-hybridized carbons (Fsp3) is 0.211. The number of para-hydroxylation sites is 1. The minimum Gasteiger partial charge on any atom is -0.314 e. The van der Waals surface area contributed by atoms with Crippen molar-refractivity contribution >= 4 is 33.7 Å². The van der Waals surface area contributed by atoms with E-state index in [1.807, 2.05) is 48.5 Å². The van der Waals surface area contributed by atoms with Gasteiger partial charge in [-0.2, -0.15) is 0 Å². The van der Waals surface area contributed by atoms with Crippen LogP contribution < -0.4 is 10.6 Å². The highest BCUT2D eigenvalue weighted by Crippen LogP contribution is 2.22. The lowest BCUT2D eigenvalue weighted by Gasteiger charge is -2.14. The van der Waals surface area contributed by atoms with Gasteiger partial charge in [0.15, 0.2) is 0 Å². The molecule has 0 aromatic heterocycles. The van der Waals surface area contributed by atoms with Crippen molar-refractivity contribution in [3.05, 3.63) is 69.8 Å². The molecule has 2 amide bonds. The number of hydrogen-bond acceptors (Lipinski definition) is 1. The van der Waals surface area contributed by atoms with Crippen molar-refractivity contribution in [2.45, 2.75) is 26.7 Å². The van der Waals surface area contributed by atoms with Crippen molar-refractivity contribution in [3.8, 4) is 0 Å². The van der Waals surface area contributed by atoms with Gasteiger partial charge in [-0.05, 0) is 41.7 Å². The largest absolute Gasteiger partial charge is 0.323 e. The Labute approximate surface area is 145 Å². The van der Waals surface area contributed by atoms with Crippen LogP contribution in [0.15, 0.2) is 53.1 Å². The van der Waals surface area contributed by atoms with Crippen LogP contribution in [0.1, 0.15) is 30.5 Å². The molecule has 2 aromatic carbocycles. The predicted molar refractivity (Wildman–Crippen MR) is 101 cm³/mol. The lowest BCUT2D eigenvalue weighted by molar-refractivity contribution is 0.255. The van der Waals surface area contributed by atoms with Crippen LogP contribution in [0.3, 0.4) is 0 Å². The van der Waals surface area contributed by atoms with E-state index in [1.54, 1.807) is 6.20 Å². The van der Waals surface area contributed by atoms with Gasteiger partial charge in [-0.3, -0.25) is 0 Å². The molecule has 0 aliphatic carbocycles. The van der Waals surface area contributed by atoms with Gasteiger partial charge >= 0.3 is 6.03 Å². The Hall–Kier alpha value is -2.07. The van der Waals surface area contributed by atoms with E-state index in [2.05, 4.69) is 40.4 Å².